The molecule has 1 N–H and O–H groups in total. The molecule has 1 atom stereocenters. The van der Waals surface area contributed by atoms with Gasteiger partial charge in [-0.3, -0.25) is 9.97 Å². The van der Waals surface area contributed by atoms with Gasteiger partial charge in [0.15, 0.2) is 0 Å². The third-order valence-corrected chi connectivity index (χ3v) is 6.85. The molecule has 1 saturated heterocycles. The molecule has 32 heavy (non-hydrogen) atoms. The fourth-order valence-corrected chi connectivity index (χ4v) is 5.12. The number of likely N-dealkylation sites (tertiary alicyclic amines) is 1. The summed E-state index contributed by atoms with van der Waals surface area (Å²) in [6.07, 6.45) is 11.0. The zero-order chi connectivity index (χ0) is 22.1. The highest BCUT2D eigenvalue weighted by atomic mass is 35.5. The molecule has 0 bridgehead atoms. The van der Waals surface area contributed by atoms with Gasteiger partial charge in [0.25, 0.3) is 0 Å². The van der Waals surface area contributed by atoms with Crippen molar-refractivity contribution < 1.29 is 4.79 Å². The average Bonchev–Trinajstić information content (AvgIpc) is 2.97. The molecule has 0 spiro atoms. The number of amides is 2. The SMILES string of the molecule is O=C(Nc1cccnc1)N1CCC(C2c3ccc(Cl)cc3C=Cc3c(Cl)ccnc32)CC1. The Balaban J connectivity index is 1.40. The number of carbonyl (C=O) groups excluding carboxylic acids is 1. The molecule has 1 fully saturated rings. The number of anilines is 1. The van der Waals surface area contributed by atoms with E-state index in [-0.39, 0.29) is 11.9 Å². The molecule has 5 rings (SSSR count). The number of pyridine rings is 2. The maximum Gasteiger partial charge on any atom is 0.321 e. The van der Waals surface area contributed by atoms with Crippen molar-refractivity contribution in [1.82, 2.24) is 14.9 Å². The molecule has 1 aromatic carbocycles. The first-order valence-corrected chi connectivity index (χ1v) is 11.4. The molecule has 5 nitrogen and oxygen atoms in total. The smallest absolute Gasteiger partial charge is 0.321 e. The Kier molecular flexibility index (Phi) is 5.85. The second-order valence-electron chi connectivity index (χ2n) is 8.17. The molecule has 1 aliphatic heterocycles. The molecule has 2 amide bonds. The van der Waals surface area contributed by atoms with Crippen molar-refractivity contribution in [3.05, 3.63) is 87.4 Å². The summed E-state index contributed by atoms with van der Waals surface area (Å²) < 4.78 is 0. The Bertz CT molecular complexity index is 1170. The van der Waals surface area contributed by atoms with Crippen LogP contribution in [0.15, 0.2) is 55.0 Å². The van der Waals surface area contributed by atoms with Gasteiger partial charge < -0.3 is 10.2 Å². The number of hydrogen-bond donors (Lipinski definition) is 1. The van der Waals surface area contributed by atoms with Gasteiger partial charge in [0.1, 0.15) is 0 Å². The number of nitrogens with zero attached hydrogens (tertiary/aromatic N) is 3. The van der Waals surface area contributed by atoms with Gasteiger partial charge >= 0.3 is 6.03 Å². The normalized spacial score (nSPS) is 17.9. The highest BCUT2D eigenvalue weighted by Gasteiger charge is 2.34. The molecule has 2 aliphatic rings. The van der Waals surface area contributed by atoms with Gasteiger partial charge in [-0.15, -0.1) is 0 Å². The van der Waals surface area contributed by atoms with Crippen LogP contribution in [0.1, 0.15) is 41.1 Å². The van der Waals surface area contributed by atoms with E-state index in [1.165, 1.54) is 5.56 Å². The van der Waals surface area contributed by atoms with E-state index in [1.807, 2.05) is 35.2 Å². The maximum absolute atomic E-state index is 12.7. The number of rotatable bonds is 2. The largest absolute Gasteiger partial charge is 0.325 e. The summed E-state index contributed by atoms with van der Waals surface area (Å²) in [5, 5.41) is 4.34. The molecule has 2 aromatic heterocycles. The third kappa shape index (κ3) is 4.10. The van der Waals surface area contributed by atoms with Crippen LogP contribution in [0.5, 0.6) is 0 Å². The van der Waals surface area contributed by atoms with E-state index in [0.717, 1.165) is 29.7 Å². The van der Waals surface area contributed by atoms with Crippen molar-refractivity contribution >= 4 is 47.1 Å². The first-order valence-electron chi connectivity index (χ1n) is 10.7. The summed E-state index contributed by atoms with van der Waals surface area (Å²) >= 11 is 12.8. The monoisotopic (exact) mass is 464 g/mol. The topological polar surface area (TPSA) is 58.1 Å². The van der Waals surface area contributed by atoms with E-state index >= 15 is 0 Å². The molecule has 3 aromatic rings. The zero-order valence-electron chi connectivity index (χ0n) is 17.3. The van der Waals surface area contributed by atoms with Crippen molar-refractivity contribution in [3.8, 4) is 0 Å². The third-order valence-electron chi connectivity index (χ3n) is 6.29. The summed E-state index contributed by atoms with van der Waals surface area (Å²) in [5.74, 6) is 0.427. The lowest BCUT2D eigenvalue weighted by Crippen LogP contribution is -2.42. The minimum Gasteiger partial charge on any atom is -0.325 e. The number of piperidine rings is 1. The van der Waals surface area contributed by atoms with Crippen LogP contribution < -0.4 is 5.32 Å². The summed E-state index contributed by atoms with van der Waals surface area (Å²) in [6, 6.07) is 11.4. The predicted octanol–water partition coefficient (Wildman–Crippen LogP) is 6.34. The summed E-state index contributed by atoms with van der Waals surface area (Å²) in [6.45, 7) is 1.36. The first kappa shape index (κ1) is 21.0. The number of carbonyl (C=O) groups is 1. The Morgan fingerprint density at radius 3 is 2.69 bits per heavy atom. The molecule has 3 heterocycles. The predicted molar refractivity (Wildman–Crippen MR) is 129 cm³/mol. The first-order chi connectivity index (χ1) is 15.6. The number of urea groups is 1. The van der Waals surface area contributed by atoms with Crippen molar-refractivity contribution in [3.63, 3.8) is 0 Å². The van der Waals surface area contributed by atoms with Crippen LogP contribution in [-0.4, -0.2) is 34.0 Å². The van der Waals surface area contributed by atoms with Crippen LogP contribution in [0.25, 0.3) is 12.2 Å². The number of benzene rings is 1. The number of fused-ring (bicyclic) bond motifs is 2. The van der Waals surface area contributed by atoms with Crippen molar-refractivity contribution in [1.29, 1.82) is 0 Å². The second-order valence-corrected chi connectivity index (χ2v) is 9.02. The molecule has 0 radical (unpaired) electrons. The maximum atomic E-state index is 12.7. The van der Waals surface area contributed by atoms with Crippen molar-refractivity contribution in [2.45, 2.75) is 18.8 Å². The van der Waals surface area contributed by atoms with Gasteiger partial charge in [0.2, 0.25) is 0 Å². The number of hydrogen-bond acceptors (Lipinski definition) is 3. The zero-order valence-corrected chi connectivity index (χ0v) is 18.9. The fraction of sp³-hybridized carbons (Fsp3) is 0.240. The van der Waals surface area contributed by atoms with Crippen molar-refractivity contribution in [2.75, 3.05) is 18.4 Å². The van der Waals surface area contributed by atoms with Crippen LogP contribution in [-0.2, 0) is 0 Å². The van der Waals surface area contributed by atoms with Crippen LogP contribution in [0.4, 0.5) is 10.5 Å². The van der Waals surface area contributed by atoms with Gasteiger partial charge in [0, 0.05) is 42.0 Å². The van der Waals surface area contributed by atoms with E-state index in [4.69, 9.17) is 28.2 Å². The van der Waals surface area contributed by atoms with Crippen LogP contribution in [0, 0.1) is 5.92 Å². The van der Waals surface area contributed by atoms with Crippen LogP contribution in [0.3, 0.4) is 0 Å². The van der Waals surface area contributed by atoms with Gasteiger partial charge in [-0.1, -0.05) is 41.4 Å². The van der Waals surface area contributed by atoms with E-state index in [1.54, 1.807) is 24.7 Å². The summed E-state index contributed by atoms with van der Waals surface area (Å²) in [7, 11) is 0. The lowest BCUT2D eigenvalue weighted by Gasteiger charge is -2.36. The summed E-state index contributed by atoms with van der Waals surface area (Å²) in [5.41, 5.74) is 4.95. The number of halogens is 2. The quantitative estimate of drug-likeness (QED) is 0.480. The van der Waals surface area contributed by atoms with Gasteiger partial charge in [0.05, 0.1) is 22.6 Å². The molecular weight excluding hydrogens is 443 g/mol. The lowest BCUT2D eigenvalue weighted by molar-refractivity contribution is 0.177. The molecular formula is C25H22Cl2N4O. The molecule has 7 heteroatoms. The van der Waals surface area contributed by atoms with E-state index in [9.17, 15) is 4.79 Å². The van der Waals surface area contributed by atoms with E-state index in [2.05, 4.69) is 22.4 Å². The Morgan fingerprint density at radius 1 is 1.06 bits per heavy atom. The van der Waals surface area contributed by atoms with Crippen LogP contribution in [0.2, 0.25) is 10.0 Å². The Morgan fingerprint density at radius 2 is 1.91 bits per heavy atom. The number of aromatic nitrogens is 2. The Hall–Kier alpha value is -2.89. The molecule has 1 unspecified atom stereocenters. The highest BCUT2D eigenvalue weighted by Crippen LogP contribution is 2.44. The van der Waals surface area contributed by atoms with Crippen LogP contribution >= 0.6 is 23.2 Å². The van der Waals surface area contributed by atoms with E-state index < -0.39 is 0 Å². The highest BCUT2D eigenvalue weighted by molar-refractivity contribution is 6.32. The molecule has 162 valence electrons. The van der Waals surface area contributed by atoms with Gasteiger partial charge in [-0.2, -0.15) is 0 Å². The fourth-order valence-electron chi connectivity index (χ4n) is 4.72. The molecule has 0 saturated carbocycles. The molecule has 1 aliphatic carbocycles. The van der Waals surface area contributed by atoms with Gasteiger partial charge in [-0.05, 0) is 60.2 Å². The summed E-state index contributed by atoms with van der Waals surface area (Å²) in [4.78, 5) is 23.4. The minimum absolute atomic E-state index is 0.0901. The number of nitrogens with one attached hydrogen (secondary N) is 1. The van der Waals surface area contributed by atoms with Crippen molar-refractivity contribution in [2.24, 2.45) is 5.92 Å². The van der Waals surface area contributed by atoms with E-state index in [0.29, 0.717) is 34.7 Å². The second kappa shape index (κ2) is 8.93. The minimum atomic E-state index is -0.0901. The lowest BCUT2D eigenvalue weighted by atomic mass is 9.76. The van der Waals surface area contributed by atoms with Gasteiger partial charge in [-0.25, -0.2) is 4.79 Å². The average molecular weight is 465 g/mol. The Labute approximate surface area is 197 Å². The standard InChI is InChI=1S/C25H22Cl2N4O/c26-18-4-6-20-17(14-18)3-5-21-22(27)7-11-29-24(21)23(20)16-8-12-31(13-9-16)25(32)30-19-2-1-10-28-15-19/h1-7,10-11,14-16,23H,8-9,12-13H2,(H,30,32).